The van der Waals surface area contributed by atoms with Crippen molar-refractivity contribution < 1.29 is 23.4 Å². The van der Waals surface area contributed by atoms with Crippen molar-refractivity contribution in [3.63, 3.8) is 0 Å². The summed E-state index contributed by atoms with van der Waals surface area (Å²) in [5.74, 6) is 1.31. The highest BCUT2D eigenvalue weighted by molar-refractivity contribution is 5.71. The summed E-state index contributed by atoms with van der Waals surface area (Å²) in [6.07, 6.45) is 2.43. The first-order valence-electron chi connectivity index (χ1n) is 13.0. The summed E-state index contributed by atoms with van der Waals surface area (Å²) in [6.45, 7) is 11.1. The maximum Gasteiger partial charge on any atom is 0.407 e. The molecule has 194 valence electrons. The molecule has 1 N–H and O–H groups in total. The minimum Gasteiger partial charge on any atom is -0.493 e. The van der Waals surface area contributed by atoms with E-state index in [1.54, 1.807) is 13.2 Å². The van der Waals surface area contributed by atoms with Crippen LogP contribution in [0.15, 0.2) is 30.3 Å². The number of benzene rings is 2. The lowest BCUT2D eigenvalue weighted by Gasteiger charge is -2.44. The number of amides is 1. The molecular weight excluding hydrogens is 459 g/mol. The maximum atomic E-state index is 15.5. The molecule has 3 fully saturated rings. The molecule has 2 bridgehead atoms. The molecule has 0 saturated carbocycles. The fourth-order valence-electron chi connectivity index (χ4n) is 6.08. The van der Waals surface area contributed by atoms with Crippen LogP contribution < -0.4 is 14.8 Å². The summed E-state index contributed by atoms with van der Waals surface area (Å²) >= 11 is 0. The maximum absolute atomic E-state index is 15.5. The van der Waals surface area contributed by atoms with Crippen molar-refractivity contribution in [2.75, 3.05) is 26.7 Å². The van der Waals surface area contributed by atoms with Gasteiger partial charge in [-0.2, -0.15) is 0 Å². The summed E-state index contributed by atoms with van der Waals surface area (Å²) < 4.78 is 32.7. The third-order valence-corrected chi connectivity index (χ3v) is 7.92. The van der Waals surface area contributed by atoms with Crippen molar-refractivity contribution in [3.05, 3.63) is 47.3 Å². The summed E-state index contributed by atoms with van der Waals surface area (Å²) in [7, 11) is 1.58. The van der Waals surface area contributed by atoms with Gasteiger partial charge in [-0.1, -0.05) is 19.9 Å². The lowest BCUT2D eigenvalue weighted by molar-refractivity contribution is -0.0349. The predicted molar refractivity (Wildman–Crippen MR) is 137 cm³/mol. The zero-order valence-electron chi connectivity index (χ0n) is 21.9. The third-order valence-electron chi connectivity index (χ3n) is 7.92. The van der Waals surface area contributed by atoms with Gasteiger partial charge in [0.25, 0.3) is 0 Å². The van der Waals surface area contributed by atoms with Crippen LogP contribution in [-0.2, 0) is 11.2 Å². The van der Waals surface area contributed by atoms with E-state index in [-0.39, 0.29) is 29.5 Å². The number of methoxy groups -OCH3 is 1. The smallest absolute Gasteiger partial charge is 0.407 e. The Morgan fingerprint density at radius 2 is 1.89 bits per heavy atom. The van der Waals surface area contributed by atoms with E-state index in [0.717, 1.165) is 55.6 Å². The second-order valence-corrected chi connectivity index (χ2v) is 11.4. The van der Waals surface area contributed by atoms with E-state index in [1.165, 1.54) is 0 Å². The monoisotopic (exact) mass is 496 g/mol. The van der Waals surface area contributed by atoms with Gasteiger partial charge < -0.3 is 19.5 Å². The molecule has 0 aromatic heterocycles. The number of halogens is 1. The largest absolute Gasteiger partial charge is 0.493 e. The van der Waals surface area contributed by atoms with Gasteiger partial charge in [-0.05, 0) is 98.5 Å². The van der Waals surface area contributed by atoms with Crippen LogP contribution >= 0.6 is 0 Å². The fraction of sp³-hybridized carbons (Fsp3) is 0.552. The molecule has 7 heteroatoms. The number of rotatable bonds is 6. The Hall–Kier alpha value is -2.80. The zero-order valence-corrected chi connectivity index (χ0v) is 21.9. The van der Waals surface area contributed by atoms with Gasteiger partial charge in [0.05, 0.1) is 19.3 Å². The van der Waals surface area contributed by atoms with Crippen LogP contribution in [0.2, 0.25) is 0 Å². The van der Waals surface area contributed by atoms with E-state index in [9.17, 15) is 4.79 Å². The predicted octanol–water partition coefficient (Wildman–Crippen LogP) is 5.73. The summed E-state index contributed by atoms with van der Waals surface area (Å²) in [4.78, 5) is 15.3. The van der Waals surface area contributed by atoms with Crippen LogP contribution in [0, 0.1) is 17.2 Å². The molecule has 3 aliphatic heterocycles. The van der Waals surface area contributed by atoms with Gasteiger partial charge in [0.2, 0.25) is 0 Å². The van der Waals surface area contributed by atoms with E-state index >= 15 is 4.39 Å². The summed E-state index contributed by atoms with van der Waals surface area (Å²) in [5.41, 5.74) is 2.81. The highest BCUT2D eigenvalue weighted by Gasteiger charge is 2.42. The first-order valence-corrected chi connectivity index (χ1v) is 13.0. The Bertz CT molecular complexity index is 1140. The number of nitrogens with one attached hydrogen (secondary N) is 1. The van der Waals surface area contributed by atoms with E-state index in [0.29, 0.717) is 23.0 Å². The average molecular weight is 497 g/mol. The molecule has 2 aromatic carbocycles. The normalized spacial score (nSPS) is 26.0. The van der Waals surface area contributed by atoms with Gasteiger partial charge in [-0.3, -0.25) is 4.90 Å². The van der Waals surface area contributed by atoms with Gasteiger partial charge in [0, 0.05) is 12.1 Å². The molecule has 0 radical (unpaired) electrons. The number of carbonyl (C=O) groups is 1. The van der Waals surface area contributed by atoms with Crippen molar-refractivity contribution >= 4 is 6.09 Å². The molecule has 0 unspecified atom stereocenters. The van der Waals surface area contributed by atoms with Crippen LogP contribution in [-0.4, -0.2) is 49.9 Å². The zero-order chi connectivity index (χ0) is 25.6. The number of nitrogens with zero attached hydrogens (tertiary/aromatic N) is 1. The van der Waals surface area contributed by atoms with Crippen LogP contribution in [0.1, 0.15) is 57.7 Å². The fourth-order valence-corrected chi connectivity index (χ4v) is 6.08. The number of fused-ring (bicyclic) bond motifs is 4. The Balaban J connectivity index is 1.37. The highest BCUT2D eigenvalue weighted by atomic mass is 19.1. The SMILES string of the molecule is COc1cc(-c2cc3c(cc2F)[C@H](NC(=O)O[C@H]2CN4CCC2CC4)C(C)(C)C3)ccc1OC(C)C. The average Bonchev–Trinajstić information content (AvgIpc) is 3.08. The molecule has 6 rings (SSSR count). The molecule has 4 aliphatic rings. The molecule has 3 saturated heterocycles. The van der Waals surface area contributed by atoms with E-state index in [1.807, 2.05) is 38.1 Å². The molecule has 36 heavy (non-hydrogen) atoms. The molecule has 6 nitrogen and oxygen atoms in total. The highest BCUT2D eigenvalue weighted by Crippen LogP contribution is 2.47. The summed E-state index contributed by atoms with van der Waals surface area (Å²) in [5, 5.41) is 3.08. The number of hydrogen-bond acceptors (Lipinski definition) is 5. The molecule has 1 aliphatic carbocycles. The lowest BCUT2D eigenvalue weighted by Crippen LogP contribution is -2.53. The van der Waals surface area contributed by atoms with E-state index in [4.69, 9.17) is 14.2 Å². The van der Waals surface area contributed by atoms with Crippen LogP contribution in [0.4, 0.5) is 9.18 Å². The Morgan fingerprint density at radius 1 is 1.14 bits per heavy atom. The third kappa shape index (κ3) is 4.77. The molecule has 0 spiro atoms. The minimum atomic E-state index is -0.408. The molecular formula is C29H37FN2O4. The van der Waals surface area contributed by atoms with Gasteiger partial charge >= 0.3 is 6.09 Å². The van der Waals surface area contributed by atoms with Crippen LogP contribution in [0.25, 0.3) is 11.1 Å². The first-order chi connectivity index (χ1) is 17.1. The molecule has 1 amide bonds. The standard InChI is InChI=1S/C29H37FN2O4/c1-17(2)35-24-7-6-19(13-25(24)34-5)21-12-20-15-29(3,4)27(22(20)14-23(21)30)31-28(33)36-26-16-32-10-8-18(26)9-11-32/h6-7,12-14,17-18,26-27H,8-11,15-16H2,1-5H3,(H,31,33)/t26-,27-/m0/s1. The van der Waals surface area contributed by atoms with Gasteiger partial charge in [0.1, 0.15) is 11.9 Å². The molecule has 2 aromatic rings. The topological polar surface area (TPSA) is 60.0 Å². The number of alkyl carbamates (subject to hydrolysis) is 1. The van der Waals surface area contributed by atoms with Gasteiger partial charge in [0.15, 0.2) is 11.5 Å². The number of ether oxygens (including phenoxy) is 3. The minimum absolute atomic E-state index is 0.00519. The summed E-state index contributed by atoms with van der Waals surface area (Å²) in [6, 6.07) is 8.64. The van der Waals surface area contributed by atoms with Crippen LogP contribution in [0.5, 0.6) is 11.5 Å². The van der Waals surface area contributed by atoms with E-state index < -0.39 is 6.09 Å². The Labute approximate surface area is 213 Å². The van der Waals surface area contributed by atoms with E-state index in [2.05, 4.69) is 24.1 Å². The van der Waals surface area contributed by atoms with Crippen molar-refractivity contribution in [1.82, 2.24) is 10.2 Å². The molecule has 3 heterocycles. The van der Waals surface area contributed by atoms with Crippen molar-refractivity contribution in [2.24, 2.45) is 11.3 Å². The van der Waals surface area contributed by atoms with Crippen molar-refractivity contribution in [2.45, 2.75) is 65.2 Å². The van der Waals surface area contributed by atoms with Gasteiger partial charge in [-0.15, -0.1) is 0 Å². The quantitative estimate of drug-likeness (QED) is 0.553. The number of carbonyl (C=O) groups excluding carboxylic acids is 1. The molecule has 2 atom stereocenters. The Kier molecular flexibility index (Phi) is 6.62. The van der Waals surface area contributed by atoms with Crippen molar-refractivity contribution in [3.8, 4) is 22.6 Å². The second-order valence-electron chi connectivity index (χ2n) is 11.4. The second kappa shape index (κ2) is 9.58. The Morgan fingerprint density at radius 3 is 2.53 bits per heavy atom. The van der Waals surface area contributed by atoms with Crippen molar-refractivity contribution in [1.29, 1.82) is 0 Å². The van der Waals surface area contributed by atoms with Gasteiger partial charge in [-0.25, -0.2) is 9.18 Å². The van der Waals surface area contributed by atoms with Crippen LogP contribution in [0.3, 0.4) is 0 Å². The number of hydrogen-bond donors (Lipinski definition) is 1. The first kappa shape index (κ1) is 24.9. The lowest BCUT2D eigenvalue weighted by atomic mass is 9.85. The number of piperidine rings is 3.